The molecular weight excluding hydrogens is 448 g/mol. The van der Waals surface area contributed by atoms with Crippen LogP contribution in [-0.4, -0.2) is 78.5 Å². The molecule has 0 radical (unpaired) electrons. The number of rotatable bonds is 4. The lowest BCUT2D eigenvalue weighted by molar-refractivity contribution is -0.134. The Labute approximate surface area is 206 Å². The molecule has 9 heteroatoms. The second kappa shape index (κ2) is 11.8. The summed E-state index contributed by atoms with van der Waals surface area (Å²) in [6.45, 7) is 6.33. The Hall–Kier alpha value is -3.46. The number of likely N-dealkylation sites (N-methyl/N-ethyl adjacent to an activating group) is 1. The summed E-state index contributed by atoms with van der Waals surface area (Å²) in [4.78, 5) is 45.7. The molecule has 0 saturated carbocycles. The predicted molar refractivity (Wildman–Crippen MR) is 132 cm³/mol. The third-order valence-corrected chi connectivity index (χ3v) is 6.17. The lowest BCUT2D eigenvalue weighted by Gasteiger charge is -2.36. The summed E-state index contributed by atoms with van der Waals surface area (Å²) in [7, 11) is 3.33. The largest absolute Gasteiger partial charge is 0.491 e. The van der Waals surface area contributed by atoms with Crippen LogP contribution in [0.3, 0.4) is 0 Å². The van der Waals surface area contributed by atoms with E-state index >= 15 is 0 Å². The van der Waals surface area contributed by atoms with Crippen LogP contribution in [0.15, 0.2) is 42.7 Å². The smallest absolute Gasteiger partial charge is 0.257 e. The van der Waals surface area contributed by atoms with Crippen molar-refractivity contribution in [2.45, 2.75) is 39.3 Å². The summed E-state index contributed by atoms with van der Waals surface area (Å²) in [5, 5.41) is 2.72. The Balaban J connectivity index is 1.94. The Kier molecular flexibility index (Phi) is 8.81. The van der Waals surface area contributed by atoms with E-state index in [0.29, 0.717) is 30.1 Å². The van der Waals surface area contributed by atoms with E-state index in [2.05, 4.69) is 10.3 Å². The molecule has 1 aliphatic heterocycles. The Bertz CT molecular complexity index is 1050. The van der Waals surface area contributed by atoms with Crippen LogP contribution in [-0.2, 0) is 20.7 Å². The summed E-state index contributed by atoms with van der Waals surface area (Å²) in [6.07, 6.45) is 3.32. The van der Waals surface area contributed by atoms with Gasteiger partial charge in [0.15, 0.2) is 0 Å². The molecule has 188 valence electrons. The number of ether oxygens (including phenoxy) is 2. The SMILES string of the molecule is CO[C@H]1CN(C)C(=O)c2ccc(NC(C)=O)cc2OC[C@@H](C)N(C(=O)Cc2cccnc2)C[C@H]1C. The Morgan fingerprint density at radius 2 is 2.00 bits per heavy atom. The van der Waals surface area contributed by atoms with Crippen LogP contribution >= 0.6 is 0 Å². The molecule has 35 heavy (non-hydrogen) atoms. The molecule has 0 unspecified atom stereocenters. The molecule has 2 aromatic rings. The highest BCUT2D eigenvalue weighted by Gasteiger charge is 2.30. The molecule has 3 amide bonds. The van der Waals surface area contributed by atoms with Gasteiger partial charge in [-0.3, -0.25) is 19.4 Å². The van der Waals surface area contributed by atoms with Gasteiger partial charge in [0, 0.05) is 64.2 Å². The number of hydrogen-bond acceptors (Lipinski definition) is 6. The maximum atomic E-state index is 13.4. The zero-order valence-electron chi connectivity index (χ0n) is 21.0. The number of nitrogens with one attached hydrogen (secondary N) is 1. The van der Waals surface area contributed by atoms with Crippen molar-refractivity contribution in [3.63, 3.8) is 0 Å². The normalized spacial score (nSPS) is 21.3. The van der Waals surface area contributed by atoms with Gasteiger partial charge < -0.3 is 24.6 Å². The molecule has 0 spiro atoms. The molecule has 3 rings (SSSR count). The molecule has 0 saturated heterocycles. The van der Waals surface area contributed by atoms with Gasteiger partial charge in [-0.25, -0.2) is 0 Å². The van der Waals surface area contributed by atoms with E-state index in [1.807, 2.05) is 30.9 Å². The predicted octanol–water partition coefficient (Wildman–Crippen LogP) is 2.62. The average Bonchev–Trinajstić information content (AvgIpc) is 2.83. The van der Waals surface area contributed by atoms with Gasteiger partial charge in [-0.2, -0.15) is 0 Å². The average molecular weight is 483 g/mol. The fourth-order valence-electron chi connectivity index (χ4n) is 4.18. The fourth-order valence-corrected chi connectivity index (χ4v) is 4.18. The summed E-state index contributed by atoms with van der Waals surface area (Å²) in [5.41, 5.74) is 1.74. The van der Waals surface area contributed by atoms with Crippen molar-refractivity contribution in [2.75, 3.05) is 39.2 Å². The number of aromatic nitrogens is 1. The molecule has 1 N–H and O–H groups in total. The molecule has 1 aliphatic rings. The second-order valence-corrected chi connectivity index (χ2v) is 9.07. The molecule has 0 fully saturated rings. The van der Waals surface area contributed by atoms with E-state index in [-0.39, 0.29) is 48.8 Å². The van der Waals surface area contributed by atoms with Gasteiger partial charge in [0.05, 0.1) is 24.1 Å². The van der Waals surface area contributed by atoms with E-state index in [4.69, 9.17) is 9.47 Å². The highest BCUT2D eigenvalue weighted by Crippen LogP contribution is 2.27. The van der Waals surface area contributed by atoms with Crippen molar-refractivity contribution in [3.05, 3.63) is 53.9 Å². The minimum Gasteiger partial charge on any atom is -0.491 e. The number of pyridine rings is 1. The lowest BCUT2D eigenvalue weighted by atomic mass is 10.0. The standard InChI is InChI=1S/C26H34N4O5/c1-17-14-30(25(32)11-20-7-6-10-27-13-20)18(2)16-35-23-12-21(28-19(3)31)8-9-22(23)26(33)29(4)15-24(17)34-5/h6-10,12-13,17-18,24H,11,14-16H2,1-5H3,(H,28,31)/t17-,18-,24+/m1/s1. The van der Waals surface area contributed by atoms with Crippen LogP contribution in [0.25, 0.3) is 0 Å². The maximum Gasteiger partial charge on any atom is 0.257 e. The van der Waals surface area contributed by atoms with Crippen LogP contribution < -0.4 is 10.1 Å². The minimum absolute atomic E-state index is 0.0309. The highest BCUT2D eigenvalue weighted by molar-refractivity contribution is 5.98. The van der Waals surface area contributed by atoms with Crippen molar-refractivity contribution in [3.8, 4) is 5.75 Å². The molecule has 0 bridgehead atoms. The number of hydrogen-bond donors (Lipinski definition) is 1. The van der Waals surface area contributed by atoms with E-state index in [9.17, 15) is 14.4 Å². The van der Waals surface area contributed by atoms with Gasteiger partial charge in [0.25, 0.3) is 5.91 Å². The van der Waals surface area contributed by atoms with Crippen LogP contribution in [0.2, 0.25) is 0 Å². The molecule has 2 heterocycles. The fraction of sp³-hybridized carbons (Fsp3) is 0.462. The third kappa shape index (κ3) is 6.79. The number of carbonyl (C=O) groups excluding carboxylic acids is 3. The van der Waals surface area contributed by atoms with Crippen LogP contribution in [0.4, 0.5) is 5.69 Å². The molecule has 9 nitrogen and oxygen atoms in total. The first-order chi connectivity index (χ1) is 16.7. The zero-order valence-corrected chi connectivity index (χ0v) is 21.0. The van der Waals surface area contributed by atoms with Gasteiger partial charge in [-0.1, -0.05) is 13.0 Å². The number of fused-ring (bicyclic) bond motifs is 1. The molecule has 1 aromatic carbocycles. The van der Waals surface area contributed by atoms with Gasteiger partial charge in [-0.05, 0) is 30.7 Å². The summed E-state index contributed by atoms with van der Waals surface area (Å²) in [5.74, 6) is -0.149. The van der Waals surface area contributed by atoms with E-state index in [1.165, 1.54) is 6.92 Å². The van der Waals surface area contributed by atoms with E-state index in [1.54, 1.807) is 49.7 Å². The molecular formula is C26H34N4O5. The van der Waals surface area contributed by atoms with Gasteiger partial charge in [-0.15, -0.1) is 0 Å². The molecule has 0 aliphatic carbocycles. The number of carbonyl (C=O) groups is 3. The van der Waals surface area contributed by atoms with Crippen LogP contribution in [0.1, 0.15) is 36.7 Å². The number of methoxy groups -OCH3 is 1. The van der Waals surface area contributed by atoms with Crippen molar-refractivity contribution in [1.29, 1.82) is 0 Å². The quantitative estimate of drug-likeness (QED) is 0.719. The van der Waals surface area contributed by atoms with Crippen molar-refractivity contribution in [2.24, 2.45) is 5.92 Å². The Morgan fingerprint density at radius 3 is 2.66 bits per heavy atom. The third-order valence-electron chi connectivity index (χ3n) is 6.17. The van der Waals surface area contributed by atoms with Crippen molar-refractivity contribution < 1.29 is 23.9 Å². The molecule has 1 aromatic heterocycles. The van der Waals surface area contributed by atoms with Crippen LogP contribution in [0, 0.1) is 5.92 Å². The van der Waals surface area contributed by atoms with E-state index < -0.39 is 0 Å². The second-order valence-electron chi connectivity index (χ2n) is 9.07. The lowest BCUT2D eigenvalue weighted by Crippen LogP contribution is -2.49. The highest BCUT2D eigenvalue weighted by atomic mass is 16.5. The number of amides is 3. The zero-order chi connectivity index (χ0) is 25.5. The van der Waals surface area contributed by atoms with Gasteiger partial charge in [0.2, 0.25) is 11.8 Å². The first kappa shape index (κ1) is 26.2. The summed E-state index contributed by atoms with van der Waals surface area (Å²) < 4.78 is 11.8. The first-order valence-corrected chi connectivity index (χ1v) is 11.7. The monoisotopic (exact) mass is 482 g/mol. The number of nitrogens with zero attached hydrogens (tertiary/aromatic N) is 3. The maximum absolute atomic E-state index is 13.4. The summed E-state index contributed by atoms with van der Waals surface area (Å²) in [6, 6.07) is 8.37. The number of anilines is 1. The first-order valence-electron chi connectivity index (χ1n) is 11.7. The topological polar surface area (TPSA) is 101 Å². The molecule has 3 atom stereocenters. The Morgan fingerprint density at radius 1 is 1.23 bits per heavy atom. The van der Waals surface area contributed by atoms with E-state index in [0.717, 1.165) is 5.56 Å². The van der Waals surface area contributed by atoms with Gasteiger partial charge in [0.1, 0.15) is 12.4 Å². The van der Waals surface area contributed by atoms with Gasteiger partial charge >= 0.3 is 0 Å². The van der Waals surface area contributed by atoms with Crippen molar-refractivity contribution >= 4 is 23.4 Å². The van der Waals surface area contributed by atoms with Crippen molar-refractivity contribution in [1.82, 2.24) is 14.8 Å². The van der Waals surface area contributed by atoms with Crippen LogP contribution in [0.5, 0.6) is 5.75 Å². The minimum atomic E-state index is -0.274. The summed E-state index contributed by atoms with van der Waals surface area (Å²) >= 11 is 0. The number of benzene rings is 1.